The van der Waals surface area contributed by atoms with E-state index in [1.807, 2.05) is 19.1 Å². The van der Waals surface area contributed by atoms with Crippen LogP contribution >= 0.6 is 0 Å². The van der Waals surface area contributed by atoms with Gasteiger partial charge in [0.1, 0.15) is 11.9 Å². The standard InChI is InChI=1S/C19H20N8O2/c1-11(5-20)10-29-15-8-23-13-2-3-28-19(13)18(15)14-4-16(27-26-14)25-17-9-22-12(6-21)7-24-17/h4,7-9,11H,2-3,5,10,20H2,1H3,(H2,24,25,26,27)/t11-/m1/s1. The van der Waals surface area contributed by atoms with Crippen molar-refractivity contribution >= 4 is 11.6 Å². The van der Waals surface area contributed by atoms with E-state index >= 15 is 0 Å². The quantitative estimate of drug-likeness (QED) is 0.547. The molecule has 10 nitrogen and oxygen atoms in total. The predicted octanol–water partition coefficient (Wildman–Crippen LogP) is 1.79. The van der Waals surface area contributed by atoms with Crippen LogP contribution in [0.2, 0.25) is 0 Å². The Hall–Kier alpha value is -3.71. The lowest BCUT2D eigenvalue weighted by atomic mass is 10.1. The van der Waals surface area contributed by atoms with Gasteiger partial charge in [-0.1, -0.05) is 6.92 Å². The minimum absolute atomic E-state index is 0.214. The predicted molar refractivity (Wildman–Crippen MR) is 105 cm³/mol. The molecule has 0 saturated carbocycles. The van der Waals surface area contributed by atoms with Crippen molar-refractivity contribution in [3.63, 3.8) is 0 Å². The lowest BCUT2D eigenvalue weighted by molar-refractivity contribution is 0.262. The van der Waals surface area contributed by atoms with Gasteiger partial charge in [-0.05, 0) is 6.54 Å². The van der Waals surface area contributed by atoms with E-state index in [9.17, 15) is 0 Å². The number of fused-ring (bicyclic) bond motifs is 1. The Morgan fingerprint density at radius 1 is 1.31 bits per heavy atom. The van der Waals surface area contributed by atoms with Gasteiger partial charge in [0.15, 0.2) is 23.0 Å². The molecule has 0 amide bonds. The van der Waals surface area contributed by atoms with Gasteiger partial charge in [-0.15, -0.1) is 0 Å². The third-order valence-corrected chi connectivity index (χ3v) is 4.45. The second kappa shape index (κ2) is 8.12. The highest BCUT2D eigenvalue weighted by Gasteiger charge is 2.25. The number of hydrogen-bond donors (Lipinski definition) is 3. The maximum absolute atomic E-state index is 8.82. The number of H-pyrrole nitrogens is 1. The van der Waals surface area contributed by atoms with Crippen LogP contribution in [0.1, 0.15) is 18.3 Å². The average Bonchev–Trinajstić information content (AvgIpc) is 3.41. The molecule has 0 unspecified atom stereocenters. The Bertz CT molecular complexity index is 1040. The van der Waals surface area contributed by atoms with Crippen LogP contribution in [0.5, 0.6) is 11.5 Å². The van der Waals surface area contributed by atoms with Crippen molar-refractivity contribution in [2.24, 2.45) is 11.7 Å². The monoisotopic (exact) mass is 392 g/mol. The van der Waals surface area contributed by atoms with Crippen molar-refractivity contribution < 1.29 is 9.47 Å². The van der Waals surface area contributed by atoms with Gasteiger partial charge in [-0.2, -0.15) is 10.4 Å². The summed E-state index contributed by atoms with van der Waals surface area (Å²) in [7, 11) is 0. The maximum atomic E-state index is 8.82. The van der Waals surface area contributed by atoms with Gasteiger partial charge in [0.05, 0.1) is 48.8 Å². The summed E-state index contributed by atoms with van der Waals surface area (Å²) in [4.78, 5) is 12.6. The number of ether oxygens (including phenoxy) is 2. The van der Waals surface area contributed by atoms with E-state index < -0.39 is 0 Å². The normalized spacial score (nSPS) is 13.3. The van der Waals surface area contributed by atoms with Crippen LogP contribution in [0.15, 0.2) is 24.7 Å². The van der Waals surface area contributed by atoms with Gasteiger partial charge in [0.2, 0.25) is 0 Å². The number of nitrogens with zero attached hydrogens (tertiary/aromatic N) is 5. The Labute approximate surface area is 167 Å². The Balaban J connectivity index is 1.62. The number of nitrogens with one attached hydrogen (secondary N) is 2. The first-order valence-corrected chi connectivity index (χ1v) is 9.20. The molecule has 0 aliphatic carbocycles. The molecule has 0 bridgehead atoms. The smallest absolute Gasteiger partial charge is 0.158 e. The minimum Gasteiger partial charge on any atom is -0.491 e. The Kier molecular flexibility index (Phi) is 5.22. The molecule has 0 fully saturated rings. The van der Waals surface area contributed by atoms with Crippen molar-refractivity contribution in [3.8, 4) is 28.8 Å². The fourth-order valence-electron chi connectivity index (χ4n) is 2.86. The van der Waals surface area contributed by atoms with Crippen molar-refractivity contribution in [2.45, 2.75) is 13.3 Å². The average molecular weight is 392 g/mol. The van der Waals surface area contributed by atoms with Gasteiger partial charge >= 0.3 is 0 Å². The van der Waals surface area contributed by atoms with Crippen LogP contribution in [-0.2, 0) is 6.42 Å². The largest absolute Gasteiger partial charge is 0.491 e. The highest BCUT2D eigenvalue weighted by atomic mass is 16.5. The lowest BCUT2D eigenvalue weighted by Crippen LogP contribution is -2.18. The number of aromatic nitrogens is 5. The highest BCUT2D eigenvalue weighted by molar-refractivity contribution is 5.77. The van der Waals surface area contributed by atoms with E-state index in [2.05, 4.69) is 30.5 Å². The molecule has 0 spiro atoms. The second-order valence-corrected chi connectivity index (χ2v) is 6.71. The van der Waals surface area contributed by atoms with Crippen LogP contribution in [0.4, 0.5) is 11.6 Å². The maximum Gasteiger partial charge on any atom is 0.158 e. The number of rotatable bonds is 7. The molecule has 1 aliphatic heterocycles. The number of nitrogens with two attached hydrogens (primary N) is 1. The fraction of sp³-hybridized carbons (Fsp3) is 0.316. The summed E-state index contributed by atoms with van der Waals surface area (Å²) in [6.07, 6.45) is 5.33. The van der Waals surface area contributed by atoms with Gasteiger partial charge in [-0.25, -0.2) is 9.97 Å². The van der Waals surface area contributed by atoms with Gasteiger partial charge in [0.25, 0.3) is 0 Å². The van der Waals surface area contributed by atoms with Gasteiger partial charge in [-0.3, -0.25) is 10.1 Å². The van der Waals surface area contributed by atoms with Crippen molar-refractivity contribution in [3.05, 3.63) is 36.0 Å². The molecule has 0 saturated heterocycles. The van der Waals surface area contributed by atoms with E-state index in [-0.39, 0.29) is 11.6 Å². The first-order chi connectivity index (χ1) is 14.2. The number of anilines is 2. The van der Waals surface area contributed by atoms with Crippen LogP contribution in [0.3, 0.4) is 0 Å². The zero-order chi connectivity index (χ0) is 20.2. The van der Waals surface area contributed by atoms with Crippen LogP contribution in [0.25, 0.3) is 11.3 Å². The Morgan fingerprint density at radius 3 is 2.97 bits per heavy atom. The molecule has 3 aromatic rings. The minimum atomic E-state index is 0.214. The molecule has 4 N–H and O–H groups in total. The molecule has 29 heavy (non-hydrogen) atoms. The first-order valence-electron chi connectivity index (χ1n) is 9.20. The summed E-state index contributed by atoms with van der Waals surface area (Å²) in [5.74, 6) is 2.55. The lowest BCUT2D eigenvalue weighted by Gasteiger charge is -2.15. The van der Waals surface area contributed by atoms with Crippen LogP contribution in [-0.4, -0.2) is 44.9 Å². The zero-order valence-electron chi connectivity index (χ0n) is 15.8. The van der Waals surface area contributed by atoms with Gasteiger partial charge in [0, 0.05) is 18.4 Å². The molecule has 0 radical (unpaired) electrons. The van der Waals surface area contributed by atoms with E-state index in [0.717, 1.165) is 23.4 Å². The summed E-state index contributed by atoms with van der Waals surface area (Å²) in [5, 5.41) is 19.2. The Morgan fingerprint density at radius 2 is 2.21 bits per heavy atom. The number of hydrogen-bond acceptors (Lipinski definition) is 9. The molecular weight excluding hydrogens is 372 g/mol. The van der Waals surface area contributed by atoms with E-state index in [0.29, 0.717) is 42.9 Å². The summed E-state index contributed by atoms with van der Waals surface area (Å²) < 4.78 is 11.8. The molecule has 1 atom stereocenters. The molecule has 3 aromatic heterocycles. The van der Waals surface area contributed by atoms with Crippen LogP contribution in [0, 0.1) is 17.2 Å². The summed E-state index contributed by atoms with van der Waals surface area (Å²) in [5.41, 5.74) is 8.34. The fourth-order valence-corrected chi connectivity index (χ4v) is 2.86. The highest BCUT2D eigenvalue weighted by Crippen LogP contribution is 2.42. The molecule has 0 aromatic carbocycles. The number of aromatic amines is 1. The molecule has 148 valence electrons. The molecule has 4 rings (SSSR count). The van der Waals surface area contributed by atoms with Gasteiger partial charge < -0.3 is 20.5 Å². The van der Waals surface area contributed by atoms with Crippen LogP contribution < -0.4 is 20.5 Å². The third kappa shape index (κ3) is 3.95. The molecule has 4 heterocycles. The van der Waals surface area contributed by atoms with Crippen molar-refractivity contribution in [2.75, 3.05) is 25.1 Å². The third-order valence-electron chi connectivity index (χ3n) is 4.45. The van der Waals surface area contributed by atoms with E-state index in [1.165, 1.54) is 12.4 Å². The molecule has 1 aliphatic rings. The zero-order valence-corrected chi connectivity index (χ0v) is 15.8. The first kappa shape index (κ1) is 18.6. The van der Waals surface area contributed by atoms with E-state index in [4.69, 9.17) is 20.5 Å². The summed E-state index contributed by atoms with van der Waals surface area (Å²) >= 11 is 0. The van der Waals surface area contributed by atoms with E-state index in [1.54, 1.807) is 6.20 Å². The topological polar surface area (TPSA) is 148 Å². The van der Waals surface area contributed by atoms with Crippen molar-refractivity contribution in [1.29, 1.82) is 5.26 Å². The number of pyridine rings is 1. The second-order valence-electron chi connectivity index (χ2n) is 6.71. The SMILES string of the molecule is C[C@H](CN)COc1cnc2c(c1-c1cc(Nc3cnc(C#N)cn3)n[nH]1)OCC2. The summed E-state index contributed by atoms with van der Waals surface area (Å²) in [6, 6.07) is 3.76. The van der Waals surface area contributed by atoms with Crippen molar-refractivity contribution in [1.82, 2.24) is 25.1 Å². The molecule has 10 heteroatoms. The number of nitriles is 1. The summed E-state index contributed by atoms with van der Waals surface area (Å²) in [6.45, 7) is 3.61. The molecular formula is C19H20N8O2.